The van der Waals surface area contributed by atoms with Crippen LogP contribution in [0, 0.1) is 5.92 Å². The number of hydrogen-bond donors (Lipinski definition) is 1. The van der Waals surface area contributed by atoms with Crippen molar-refractivity contribution in [1.82, 2.24) is 0 Å². The molecular formula is C30H42O6S2. The number of allylic oxidation sites excluding steroid dienone is 5. The summed E-state index contributed by atoms with van der Waals surface area (Å²) >= 11 is 2.18. The summed E-state index contributed by atoms with van der Waals surface area (Å²) in [5.41, 5.74) is 5.23. The molecule has 0 saturated heterocycles. The number of rotatable bonds is 14. The van der Waals surface area contributed by atoms with Crippen LogP contribution in [-0.2, 0) is 18.8 Å². The Hall–Kier alpha value is -2.23. The molecule has 1 aliphatic carbocycles. The van der Waals surface area contributed by atoms with Crippen LogP contribution in [0.5, 0.6) is 0 Å². The predicted molar refractivity (Wildman–Crippen MR) is 157 cm³/mol. The number of ketones is 1. The maximum Gasteiger partial charge on any atom is 0.347 e. The Morgan fingerprint density at radius 1 is 1.21 bits per heavy atom. The molecule has 2 rings (SSSR count). The van der Waals surface area contributed by atoms with Crippen LogP contribution in [-0.4, -0.2) is 36.2 Å². The van der Waals surface area contributed by atoms with Crippen molar-refractivity contribution >= 4 is 35.1 Å². The molecule has 6 nitrogen and oxygen atoms in total. The molecule has 0 radical (unpaired) electrons. The van der Waals surface area contributed by atoms with Gasteiger partial charge in [0, 0.05) is 24.4 Å². The molecule has 0 bridgehead atoms. The van der Waals surface area contributed by atoms with E-state index in [-0.39, 0.29) is 23.2 Å². The third-order valence-corrected chi connectivity index (χ3v) is 7.40. The highest BCUT2D eigenvalue weighted by Crippen LogP contribution is 2.33. The summed E-state index contributed by atoms with van der Waals surface area (Å²) in [5, 5.41) is 10.9. The van der Waals surface area contributed by atoms with Gasteiger partial charge in [-0.3, -0.25) is 4.79 Å². The number of Topliss-reactive ketones (excluding diaryl/α,β-unsaturated/α-hetero) is 1. The van der Waals surface area contributed by atoms with Crippen molar-refractivity contribution in [2.75, 3.05) is 13.2 Å². The van der Waals surface area contributed by atoms with Crippen LogP contribution in [0.1, 0.15) is 76.9 Å². The smallest absolute Gasteiger partial charge is 0.347 e. The van der Waals surface area contributed by atoms with Crippen molar-refractivity contribution in [2.24, 2.45) is 5.92 Å². The first-order valence-electron chi connectivity index (χ1n) is 12.6. The standard InChI is InChI=1S/C21H26O6S2.C9H16/c1-5-15(12-26-29-19-7-9-28-20(19)21(23)24)16-11-17(22)14(4)10-18(16)27-25-8-6-13(2)3;1-8(2)6-5-7-9(3)4/h5,7,9-10,16,18H,2,6,8,11-12H2,1,3-4H3,(H,23,24);7H,1,5-6H2,2-4H3/b15-5-;. The second-order valence-corrected chi connectivity index (χ2v) is 11.3. The highest BCUT2D eigenvalue weighted by molar-refractivity contribution is 7.95. The van der Waals surface area contributed by atoms with Gasteiger partial charge in [-0.1, -0.05) is 28.9 Å². The number of carboxylic acids is 1. The van der Waals surface area contributed by atoms with Crippen LogP contribution in [0.4, 0.5) is 0 Å². The SMILES string of the molecule is C=C(C)CCC=C(C)C.C=C(C)CCOOC1C=C(C)C(=O)CC1/C(=C\C)COSc1ccsc1C(=O)O. The molecule has 210 valence electrons. The molecule has 2 atom stereocenters. The van der Waals surface area contributed by atoms with Gasteiger partial charge in [0.2, 0.25) is 0 Å². The minimum absolute atomic E-state index is 0.0646. The van der Waals surface area contributed by atoms with E-state index in [0.29, 0.717) is 29.9 Å². The normalized spacial score (nSPS) is 17.3. The summed E-state index contributed by atoms with van der Waals surface area (Å²) in [6.45, 7) is 20.2. The quantitative estimate of drug-likeness (QED) is 0.0800. The summed E-state index contributed by atoms with van der Waals surface area (Å²) in [7, 11) is 0. The minimum atomic E-state index is -0.976. The zero-order chi connectivity index (χ0) is 28.7. The van der Waals surface area contributed by atoms with Crippen molar-refractivity contribution in [3.8, 4) is 0 Å². The number of hydrogen-bond acceptors (Lipinski definition) is 7. The third kappa shape index (κ3) is 13.0. The van der Waals surface area contributed by atoms with Gasteiger partial charge in [-0.05, 0) is 89.5 Å². The lowest BCUT2D eigenvalue weighted by Gasteiger charge is -2.29. The first-order valence-corrected chi connectivity index (χ1v) is 14.3. The lowest BCUT2D eigenvalue weighted by Crippen LogP contribution is -2.32. The van der Waals surface area contributed by atoms with Crippen molar-refractivity contribution < 1.29 is 28.7 Å². The van der Waals surface area contributed by atoms with Gasteiger partial charge in [0.05, 0.1) is 18.1 Å². The maximum atomic E-state index is 12.3. The van der Waals surface area contributed by atoms with E-state index in [9.17, 15) is 14.7 Å². The molecule has 1 aromatic heterocycles. The van der Waals surface area contributed by atoms with Crippen molar-refractivity contribution in [3.05, 3.63) is 75.6 Å². The fourth-order valence-electron chi connectivity index (χ4n) is 3.40. The summed E-state index contributed by atoms with van der Waals surface area (Å²) in [6.07, 6.45) is 8.83. The second kappa shape index (κ2) is 18.1. The van der Waals surface area contributed by atoms with Crippen LogP contribution >= 0.6 is 23.4 Å². The monoisotopic (exact) mass is 562 g/mol. The summed E-state index contributed by atoms with van der Waals surface area (Å²) in [5.74, 6) is -1.12. The minimum Gasteiger partial charge on any atom is -0.477 e. The molecule has 1 aromatic rings. The van der Waals surface area contributed by atoms with E-state index in [1.807, 2.05) is 19.9 Å². The fourth-order valence-corrected chi connectivity index (χ4v) is 4.97. The van der Waals surface area contributed by atoms with Crippen LogP contribution in [0.3, 0.4) is 0 Å². The Morgan fingerprint density at radius 2 is 1.89 bits per heavy atom. The first kappa shape index (κ1) is 33.8. The maximum absolute atomic E-state index is 12.3. The summed E-state index contributed by atoms with van der Waals surface area (Å²) in [4.78, 5) is 35.2. The van der Waals surface area contributed by atoms with E-state index in [1.54, 1.807) is 24.4 Å². The van der Waals surface area contributed by atoms with E-state index >= 15 is 0 Å². The van der Waals surface area contributed by atoms with Crippen LogP contribution in [0.2, 0.25) is 0 Å². The van der Waals surface area contributed by atoms with Crippen molar-refractivity contribution in [1.29, 1.82) is 0 Å². The molecule has 38 heavy (non-hydrogen) atoms. The molecule has 8 heteroatoms. The zero-order valence-electron chi connectivity index (χ0n) is 23.5. The average Bonchev–Trinajstić information content (AvgIpc) is 3.30. The Balaban J connectivity index is 0.000000686. The number of thiophene rings is 1. The Kier molecular flexibility index (Phi) is 16.1. The van der Waals surface area contributed by atoms with Gasteiger partial charge < -0.3 is 9.29 Å². The van der Waals surface area contributed by atoms with E-state index in [0.717, 1.165) is 47.4 Å². The largest absolute Gasteiger partial charge is 0.477 e. The molecule has 0 aliphatic heterocycles. The lowest BCUT2D eigenvalue weighted by atomic mass is 9.82. The van der Waals surface area contributed by atoms with Crippen LogP contribution in [0.25, 0.3) is 0 Å². The molecule has 2 unspecified atom stereocenters. The van der Waals surface area contributed by atoms with Gasteiger partial charge >= 0.3 is 5.97 Å². The first-order chi connectivity index (χ1) is 18.0. The number of carbonyl (C=O) groups excluding carboxylic acids is 1. The fraction of sp³-hybridized carbons (Fsp3) is 0.467. The molecule has 0 amide bonds. The molecule has 0 spiro atoms. The molecule has 0 aromatic carbocycles. The Bertz CT molecular complexity index is 1040. The van der Waals surface area contributed by atoms with E-state index in [4.69, 9.17) is 14.0 Å². The Labute approximate surface area is 236 Å². The van der Waals surface area contributed by atoms with Crippen molar-refractivity contribution in [3.63, 3.8) is 0 Å². The van der Waals surface area contributed by atoms with Gasteiger partial charge in [0.15, 0.2) is 5.78 Å². The van der Waals surface area contributed by atoms with Gasteiger partial charge in [0.25, 0.3) is 0 Å². The van der Waals surface area contributed by atoms with Gasteiger partial charge in [-0.25, -0.2) is 14.6 Å². The second-order valence-electron chi connectivity index (χ2n) is 9.58. The van der Waals surface area contributed by atoms with E-state index in [1.165, 1.54) is 11.1 Å². The van der Waals surface area contributed by atoms with Crippen LogP contribution < -0.4 is 0 Å². The molecule has 1 N–H and O–H groups in total. The molecule has 0 saturated carbocycles. The summed E-state index contributed by atoms with van der Waals surface area (Å²) < 4.78 is 5.69. The Morgan fingerprint density at radius 3 is 2.47 bits per heavy atom. The van der Waals surface area contributed by atoms with Crippen molar-refractivity contribution in [2.45, 2.75) is 78.2 Å². The topological polar surface area (TPSA) is 82.1 Å². The zero-order valence-corrected chi connectivity index (χ0v) is 25.1. The van der Waals surface area contributed by atoms with Gasteiger partial charge in [-0.2, -0.15) is 0 Å². The highest BCUT2D eigenvalue weighted by atomic mass is 32.2. The highest BCUT2D eigenvalue weighted by Gasteiger charge is 2.32. The lowest BCUT2D eigenvalue weighted by molar-refractivity contribution is -0.320. The molecule has 1 aliphatic rings. The number of carboxylic acid groups (broad SMARTS) is 1. The molecule has 1 heterocycles. The van der Waals surface area contributed by atoms with Gasteiger partial charge in [-0.15, -0.1) is 24.5 Å². The molecular weight excluding hydrogens is 520 g/mol. The predicted octanol–water partition coefficient (Wildman–Crippen LogP) is 8.54. The molecule has 0 fully saturated rings. The number of aromatic carboxylic acids is 1. The van der Waals surface area contributed by atoms with Gasteiger partial charge in [0.1, 0.15) is 11.0 Å². The van der Waals surface area contributed by atoms with Crippen LogP contribution in [0.15, 0.2) is 75.6 Å². The van der Waals surface area contributed by atoms with E-state index in [2.05, 4.69) is 40.0 Å². The number of carbonyl (C=O) groups is 2. The average molecular weight is 563 g/mol. The summed E-state index contributed by atoms with van der Waals surface area (Å²) in [6, 6.07) is 1.71. The van der Waals surface area contributed by atoms with E-state index < -0.39 is 12.1 Å². The third-order valence-electron chi connectivity index (χ3n) is 5.62.